The molecule has 4 atom stereocenters. The van der Waals surface area contributed by atoms with Gasteiger partial charge in [0, 0.05) is 19.4 Å². The average Bonchev–Trinajstić information content (AvgIpc) is 2.93. The second-order valence-corrected chi connectivity index (χ2v) is 5.86. The van der Waals surface area contributed by atoms with E-state index in [0.29, 0.717) is 6.42 Å². The maximum atomic E-state index is 12.4. The number of methoxy groups -OCH3 is 1. The van der Waals surface area contributed by atoms with Gasteiger partial charge >= 0.3 is 0 Å². The maximum Gasteiger partial charge on any atom is 0.164 e. The quantitative estimate of drug-likeness (QED) is 0.801. The molecule has 0 aliphatic carbocycles. The third kappa shape index (κ3) is 3.94. The molecule has 0 saturated carbocycles. The van der Waals surface area contributed by atoms with E-state index in [1.54, 1.807) is 7.11 Å². The molecular weight excluding hydrogens is 280 g/mol. The number of ether oxygens (including phenoxy) is 2. The Morgan fingerprint density at radius 1 is 1.32 bits per heavy atom. The standard InChI is InChI=1S/C18H26O4/c1-3-16-14(12-19)17(21-2)18(22-16)15(20)11-7-10-13-8-5-4-6-9-13/h4-6,8-9,14,16-19H,3,7,10-12H2,1-2H3/t14-,16-,17+,18?/m1/s1. The summed E-state index contributed by atoms with van der Waals surface area (Å²) >= 11 is 0. The molecule has 1 heterocycles. The van der Waals surface area contributed by atoms with E-state index in [2.05, 4.69) is 12.1 Å². The summed E-state index contributed by atoms with van der Waals surface area (Å²) in [6.07, 6.45) is 1.98. The first-order valence-electron chi connectivity index (χ1n) is 8.07. The van der Waals surface area contributed by atoms with Gasteiger partial charge in [-0.1, -0.05) is 37.3 Å². The lowest BCUT2D eigenvalue weighted by molar-refractivity contribution is -0.134. The summed E-state index contributed by atoms with van der Waals surface area (Å²) in [6, 6.07) is 10.2. The SMILES string of the molecule is CC[C@H]1OC(C(=O)CCCc2ccccc2)[C@@H](OC)[C@@H]1CO. The summed E-state index contributed by atoms with van der Waals surface area (Å²) < 4.78 is 11.3. The van der Waals surface area contributed by atoms with Crippen LogP contribution in [0.25, 0.3) is 0 Å². The Hall–Kier alpha value is -1.23. The van der Waals surface area contributed by atoms with Crippen molar-refractivity contribution in [2.75, 3.05) is 13.7 Å². The van der Waals surface area contributed by atoms with Crippen LogP contribution in [0.15, 0.2) is 30.3 Å². The normalized spacial score (nSPS) is 28.0. The van der Waals surface area contributed by atoms with Gasteiger partial charge in [0.1, 0.15) is 6.10 Å². The molecule has 0 spiro atoms. The summed E-state index contributed by atoms with van der Waals surface area (Å²) in [7, 11) is 1.58. The highest BCUT2D eigenvalue weighted by molar-refractivity contribution is 5.84. The lowest BCUT2D eigenvalue weighted by atomic mass is 9.93. The molecule has 4 nitrogen and oxygen atoms in total. The van der Waals surface area contributed by atoms with Crippen LogP contribution in [0, 0.1) is 5.92 Å². The molecule has 122 valence electrons. The van der Waals surface area contributed by atoms with Crippen molar-refractivity contribution in [1.29, 1.82) is 0 Å². The Kier molecular flexibility index (Phi) is 6.55. The van der Waals surface area contributed by atoms with E-state index in [4.69, 9.17) is 9.47 Å². The number of ketones is 1. The lowest BCUT2D eigenvalue weighted by Gasteiger charge is -2.20. The van der Waals surface area contributed by atoms with Gasteiger partial charge in [-0.3, -0.25) is 4.79 Å². The first-order chi connectivity index (χ1) is 10.7. The number of carbonyl (C=O) groups is 1. The fraction of sp³-hybridized carbons (Fsp3) is 0.611. The number of aryl methyl sites for hydroxylation is 1. The van der Waals surface area contributed by atoms with Gasteiger partial charge in [-0.15, -0.1) is 0 Å². The molecule has 0 aromatic heterocycles. The molecule has 1 aliphatic heterocycles. The van der Waals surface area contributed by atoms with Crippen LogP contribution in [0.2, 0.25) is 0 Å². The van der Waals surface area contributed by atoms with E-state index < -0.39 is 6.10 Å². The molecule has 0 amide bonds. The van der Waals surface area contributed by atoms with Crippen molar-refractivity contribution >= 4 is 5.78 Å². The Morgan fingerprint density at radius 2 is 2.05 bits per heavy atom. The fourth-order valence-corrected chi connectivity index (χ4v) is 3.23. The Morgan fingerprint density at radius 3 is 2.64 bits per heavy atom. The molecule has 2 rings (SSSR count). The third-order valence-corrected chi connectivity index (χ3v) is 4.45. The number of aliphatic hydroxyl groups is 1. The maximum absolute atomic E-state index is 12.4. The van der Waals surface area contributed by atoms with Crippen molar-refractivity contribution in [3.05, 3.63) is 35.9 Å². The number of rotatable bonds is 8. The zero-order chi connectivity index (χ0) is 15.9. The molecule has 1 aliphatic rings. The monoisotopic (exact) mass is 306 g/mol. The Labute approximate surface area is 132 Å². The molecule has 22 heavy (non-hydrogen) atoms. The van der Waals surface area contributed by atoms with E-state index in [-0.39, 0.29) is 30.5 Å². The van der Waals surface area contributed by atoms with Gasteiger partial charge in [-0.05, 0) is 24.8 Å². The minimum Gasteiger partial charge on any atom is -0.396 e. The summed E-state index contributed by atoms with van der Waals surface area (Å²) in [5.41, 5.74) is 1.24. The van der Waals surface area contributed by atoms with E-state index in [0.717, 1.165) is 19.3 Å². The smallest absolute Gasteiger partial charge is 0.164 e. The van der Waals surface area contributed by atoms with Crippen molar-refractivity contribution < 1.29 is 19.4 Å². The molecule has 4 heteroatoms. The van der Waals surface area contributed by atoms with Crippen LogP contribution in [0.5, 0.6) is 0 Å². The van der Waals surface area contributed by atoms with Crippen LogP contribution in [-0.4, -0.2) is 42.9 Å². The second kappa shape index (κ2) is 8.42. The van der Waals surface area contributed by atoms with Crippen LogP contribution in [0.4, 0.5) is 0 Å². The fourth-order valence-electron chi connectivity index (χ4n) is 3.23. The molecular formula is C18H26O4. The largest absolute Gasteiger partial charge is 0.396 e. The van der Waals surface area contributed by atoms with Crippen LogP contribution in [0.1, 0.15) is 31.7 Å². The topological polar surface area (TPSA) is 55.8 Å². The number of carbonyl (C=O) groups excluding carboxylic acids is 1. The summed E-state index contributed by atoms with van der Waals surface area (Å²) in [4.78, 5) is 12.4. The molecule has 1 saturated heterocycles. The number of hydrogen-bond donors (Lipinski definition) is 1. The number of Topliss-reactive ketones (excluding diaryl/α,β-unsaturated/α-hetero) is 1. The van der Waals surface area contributed by atoms with Crippen LogP contribution >= 0.6 is 0 Å². The van der Waals surface area contributed by atoms with Gasteiger partial charge < -0.3 is 14.6 Å². The second-order valence-electron chi connectivity index (χ2n) is 5.86. The summed E-state index contributed by atoms with van der Waals surface area (Å²) in [5.74, 6) is -0.0322. The van der Waals surface area contributed by atoms with Gasteiger partial charge in [0.15, 0.2) is 5.78 Å². The zero-order valence-electron chi connectivity index (χ0n) is 13.4. The molecule has 1 aromatic carbocycles. The summed E-state index contributed by atoms with van der Waals surface area (Å²) in [5, 5.41) is 9.52. The predicted molar refractivity (Wildman–Crippen MR) is 84.7 cm³/mol. The van der Waals surface area contributed by atoms with E-state index in [1.165, 1.54) is 5.56 Å². The van der Waals surface area contributed by atoms with Crippen molar-refractivity contribution in [2.45, 2.75) is 50.9 Å². The number of hydrogen-bond acceptors (Lipinski definition) is 4. The number of aliphatic hydroxyl groups excluding tert-OH is 1. The first-order valence-corrected chi connectivity index (χ1v) is 8.07. The highest BCUT2D eigenvalue weighted by Crippen LogP contribution is 2.32. The minimum absolute atomic E-state index is 0.00912. The molecule has 1 unspecified atom stereocenters. The van der Waals surface area contributed by atoms with Gasteiger partial charge in [0.25, 0.3) is 0 Å². The lowest BCUT2D eigenvalue weighted by Crippen LogP contribution is -2.36. The third-order valence-electron chi connectivity index (χ3n) is 4.45. The highest BCUT2D eigenvalue weighted by atomic mass is 16.6. The Balaban J connectivity index is 1.88. The van der Waals surface area contributed by atoms with Crippen LogP contribution in [-0.2, 0) is 20.7 Å². The molecule has 0 bridgehead atoms. The van der Waals surface area contributed by atoms with Crippen molar-refractivity contribution in [2.24, 2.45) is 5.92 Å². The minimum atomic E-state index is -0.539. The van der Waals surface area contributed by atoms with E-state index >= 15 is 0 Å². The van der Waals surface area contributed by atoms with Gasteiger partial charge in [0.2, 0.25) is 0 Å². The summed E-state index contributed by atoms with van der Waals surface area (Å²) in [6.45, 7) is 1.99. The van der Waals surface area contributed by atoms with Gasteiger partial charge in [-0.2, -0.15) is 0 Å². The van der Waals surface area contributed by atoms with Crippen molar-refractivity contribution in [3.63, 3.8) is 0 Å². The van der Waals surface area contributed by atoms with Crippen LogP contribution in [0.3, 0.4) is 0 Å². The molecule has 1 aromatic rings. The first kappa shape index (κ1) is 17.1. The molecule has 1 N–H and O–H groups in total. The van der Waals surface area contributed by atoms with Gasteiger partial charge in [0.05, 0.1) is 18.8 Å². The number of benzene rings is 1. The Bertz CT molecular complexity index is 459. The van der Waals surface area contributed by atoms with Gasteiger partial charge in [-0.25, -0.2) is 0 Å². The predicted octanol–water partition coefficient (Wildman–Crippen LogP) is 2.38. The van der Waals surface area contributed by atoms with Crippen molar-refractivity contribution in [3.8, 4) is 0 Å². The van der Waals surface area contributed by atoms with E-state index in [9.17, 15) is 9.90 Å². The highest BCUT2D eigenvalue weighted by Gasteiger charge is 2.46. The van der Waals surface area contributed by atoms with E-state index in [1.807, 2.05) is 25.1 Å². The molecule has 0 radical (unpaired) electrons. The molecule has 1 fully saturated rings. The van der Waals surface area contributed by atoms with Crippen molar-refractivity contribution in [1.82, 2.24) is 0 Å². The zero-order valence-corrected chi connectivity index (χ0v) is 13.4. The van der Waals surface area contributed by atoms with Crippen LogP contribution < -0.4 is 0 Å². The average molecular weight is 306 g/mol.